The first-order valence-corrected chi connectivity index (χ1v) is 8.51. The van der Waals surface area contributed by atoms with Crippen molar-refractivity contribution in [3.63, 3.8) is 0 Å². The van der Waals surface area contributed by atoms with E-state index < -0.39 is 0 Å². The van der Waals surface area contributed by atoms with Crippen LogP contribution < -0.4 is 5.32 Å². The molecule has 5 nitrogen and oxygen atoms in total. The molecule has 0 aliphatic carbocycles. The minimum absolute atomic E-state index is 0.00673. The van der Waals surface area contributed by atoms with Crippen LogP contribution in [0.25, 0.3) is 5.69 Å². The van der Waals surface area contributed by atoms with E-state index in [2.05, 4.69) is 42.3 Å². The second-order valence-electron chi connectivity index (χ2n) is 5.64. The number of hydrogen-bond acceptors (Lipinski definition) is 4. The second-order valence-corrected chi connectivity index (χ2v) is 6.58. The zero-order chi connectivity index (χ0) is 16.8. The molecule has 1 N–H and O–H groups in total. The first-order chi connectivity index (χ1) is 11.0. The molecule has 2 aromatic rings. The Bertz CT molecular complexity index is 649. The quantitative estimate of drug-likeness (QED) is 0.792. The fourth-order valence-electron chi connectivity index (χ4n) is 2.42. The van der Waals surface area contributed by atoms with Crippen molar-refractivity contribution in [1.29, 1.82) is 0 Å². The third kappa shape index (κ3) is 5.11. The number of rotatable bonds is 7. The van der Waals surface area contributed by atoms with Crippen molar-refractivity contribution in [2.75, 3.05) is 19.5 Å². The Hall–Kier alpha value is -1.79. The van der Waals surface area contributed by atoms with E-state index in [4.69, 9.17) is 4.74 Å². The zero-order valence-electron chi connectivity index (χ0n) is 14.0. The van der Waals surface area contributed by atoms with Crippen molar-refractivity contribution >= 4 is 17.7 Å². The number of aromatic nitrogens is 2. The van der Waals surface area contributed by atoms with Gasteiger partial charge in [0.1, 0.15) is 0 Å². The van der Waals surface area contributed by atoms with Gasteiger partial charge in [0.25, 0.3) is 0 Å². The standard InChI is InChI=1S/C17H23N3O2S/c1-12-7-13(2)9-15(8-12)20-6-5-18-17(20)23-11-16(21)19-14(3)10-22-4/h5-9,14H,10-11H2,1-4H3,(H,19,21). The summed E-state index contributed by atoms with van der Waals surface area (Å²) in [7, 11) is 1.62. The smallest absolute Gasteiger partial charge is 0.230 e. The molecule has 1 atom stereocenters. The van der Waals surface area contributed by atoms with Crippen LogP contribution in [0.4, 0.5) is 0 Å². The Morgan fingerprint density at radius 1 is 1.35 bits per heavy atom. The monoisotopic (exact) mass is 333 g/mol. The van der Waals surface area contributed by atoms with Crippen molar-refractivity contribution < 1.29 is 9.53 Å². The molecule has 6 heteroatoms. The van der Waals surface area contributed by atoms with Crippen LogP contribution in [0.5, 0.6) is 0 Å². The Kier molecular flexibility index (Phi) is 6.24. The number of nitrogens with one attached hydrogen (secondary N) is 1. The van der Waals surface area contributed by atoms with Gasteiger partial charge >= 0.3 is 0 Å². The number of carbonyl (C=O) groups excluding carboxylic acids is 1. The number of carbonyl (C=O) groups is 1. The lowest BCUT2D eigenvalue weighted by atomic mass is 10.1. The summed E-state index contributed by atoms with van der Waals surface area (Å²) in [4.78, 5) is 16.3. The fourth-order valence-corrected chi connectivity index (χ4v) is 3.21. The molecule has 0 aliphatic heterocycles. The maximum atomic E-state index is 12.0. The molecule has 2 rings (SSSR count). The summed E-state index contributed by atoms with van der Waals surface area (Å²) in [6, 6.07) is 6.36. The maximum absolute atomic E-state index is 12.0. The number of methoxy groups -OCH3 is 1. The first kappa shape index (κ1) is 17.6. The highest BCUT2D eigenvalue weighted by molar-refractivity contribution is 7.99. The number of aryl methyl sites for hydroxylation is 2. The molecule has 1 aromatic carbocycles. The fraction of sp³-hybridized carbons (Fsp3) is 0.412. The van der Waals surface area contributed by atoms with Crippen LogP contribution in [0.1, 0.15) is 18.1 Å². The van der Waals surface area contributed by atoms with Gasteiger partial charge in [0.2, 0.25) is 5.91 Å². The topological polar surface area (TPSA) is 56.1 Å². The van der Waals surface area contributed by atoms with Gasteiger partial charge in [-0.15, -0.1) is 0 Å². The minimum Gasteiger partial charge on any atom is -0.383 e. The molecule has 1 unspecified atom stereocenters. The molecule has 124 valence electrons. The van der Waals surface area contributed by atoms with Gasteiger partial charge in [0.15, 0.2) is 5.16 Å². The molecule has 1 amide bonds. The van der Waals surface area contributed by atoms with Gasteiger partial charge in [-0.1, -0.05) is 17.8 Å². The summed E-state index contributed by atoms with van der Waals surface area (Å²) in [6.07, 6.45) is 3.67. The number of nitrogens with zero attached hydrogens (tertiary/aromatic N) is 2. The van der Waals surface area contributed by atoms with Crippen LogP contribution in [0, 0.1) is 13.8 Å². The van der Waals surface area contributed by atoms with E-state index >= 15 is 0 Å². The van der Waals surface area contributed by atoms with Crippen LogP contribution in [0.15, 0.2) is 35.7 Å². The van der Waals surface area contributed by atoms with Crippen molar-refractivity contribution in [2.45, 2.75) is 32.0 Å². The van der Waals surface area contributed by atoms with Crippen LogP contribution in [0.2, 0.25) is 0 Å². The molecule has 0 spiro atoms. The zero-order valence-corrected chi connectivity index (χ0v) is 14.8. The number of imidazole rings is 1. The van der Waals surface area contributed by atoms with Crippen LogP contribution in [-0.4, -0.2) is 41.0 Å². The molecule has 23 heavy (non-hydrogen) atoms. The highest BCUT2D eigenvalue weighted by Gasteiger charge is 2.11. The Labute approximate surface area is 141 Å². The number of thioether (sulfide) groups is 1. The molecule has 0 saturated heterocycles. The molecule has 1 aromatic heterocycles. The number of ether oxygens (including phenoxy) is 1. The molecule has 0 bridgehead atoms. The summed E-state index contributed by atoms with van der Waals surface area (Å²) in [5, 5.41) is 3.71. The van der Waals surface area contributed by atoms with Gasteiger partial charge in [-0.25, -0.2) is 4.98 Å². The number of hydrogen-bond donors (Lipinski definition) is 1. The summed E-state index contributed by atoms with van der Waals surface area (Å²) in [6.45, 7) is 6.58. The lowest BCUT2D eigenvalue weighted by molar-refractivity contribution is -0.119. The van der Waals surface area contributed by atoms with E-state index in [1.807, 2.05) is 17.7 Å². The van der Waals surface area contributed by atoms with Crippen molar-refractivity contribution in [1.82, 2.24) is 14.9 Å². The second kappa shape index (κ2) is 8.17. The lowest BCUT2D eigenvalue weighted by Crippen LogP contribution is -2.36. The van der Waals surface area contributed by atoms with Gasteiger partial charge in [-0.2, -0.15) is 0 Å². The molecule has 0 saturated carbocycles. The largest absolute Gasteiger partial charge is 0.383 e. The van der Waals surface area contributed by atoms with E-state index in [-0.39, 0.29) is 11.9 Å². The highest BCUT2D eigenvalue weighted by atomic mass is 32.2. The van der Waals surface area contributed by atoms with Crippen molar-refractivity contribution in [3.05, 3.63) is 41.7 Å². The number of benzene rings is 1. The summed E-state index contributed by atoms with van der Waals surface area (Å²) in [5.41, 5.74) is 3.47. The van der Waals surface area contributed by atoms with Gasteiger partial charge in [0.05, 0.1) is 12.4 Å². The average Bonchev–Trinajstić information content (AvgIpc) is 2.92. The molecule has 1 heterocycles. The molecule has 0 aliphatic rings. The van der Waals surface area contributed by atoms with E-state index in [1.54, 1.807) is 13.3 Å². The van der Waals surface area contributed by atoms with E-state index in [0.717, 1.165) is 10.8 Å². The lowest BCUT2D eigenvalue weighted by Gasteiger charge is -2.13. The third-order valence-corrected chi connectivity index (χ3v) is 4.21. The maximum Gasteiger partial charge on any atom is 0.230 e. The molecular weight excluding hydrogens is 310 g/mol. The van der Waals surface area contributed by atoms with Gasteiger partial charge in [-0.3, -0.25) is 9.36 Å². The first-order valence-electron chi connectivity index (χ1n) is 7.52. The van der Waals surface area contributed by atoms with Gasteiger partial charge < -0.3 is 10.1 Å². The van der Waals surface area contributed by atoms with Crippen LogP contribution in [-0.2, 0) is 9.53 Å². The SMILES string of the molecule is COCC(C)NC(=O)CSc1nccn1-c1cc(C)cc(C)c1. The summed E-state index contributed by atoms with van der Waals surface area (Å²) >= 11 is 1.43. The predicted octanol–water partition coefficient (Wildman–Crippen LogP) is 2.73. The Morgan fingerprint density at radius 2 is 2.04 bits per heavy atom. The Morgan fingerprint density at radius 3 is 2.70 bits per heavy atom. The third-order valence-electron chi connectivity index (χ3n) is 3.25. The van der Waals surface area contributed by atoms with Crippen molar-refractivity contribution in [3.8, 4) is 5.69 Å². The Balaban J connectivity index is 2.03. The van der Waals surface area contributed by atoms with Gasteiger partial charge in [0, 0.05) is 31.2 Å². The van der Waals surface area contributed by atoms with E-state index in [9.17, 15) is 4.79 Å². The summed E-state index contributed by atoms with van der Waals surface area (Å²) < 4.78 is 7.03. The highest BCUT2D eigenvalue weighted by Crippen LogP contribution is 2.22. The normalized spacial score (nSPS) is 12.2. The molecular formula is C17H23N3O2S. The summed E-state index contributed by atoms with van der Waals surface area (Å²) in [5.74, 6) is 0.310. The number of amides is 1. The minimum atomic E-state index is -0.0190. The van der Waals surface area contributed by atoms with Crippen molar-refractivity contribution in [2.24, 2.45) is 0 Å². The average molecular weight is 333 g/mol. The van der Waals surface area contributed by atoms with Crippen LogP contribution in [0.3, 0.4) is 0 Å². The van der Waals surface area contributed by atoms with Crippen LogP contribution >= 0.6 is 11.8 Å². The van der Waals surface area contributed by atoms with E-state index in [1.165, 1.54) is 22.9 Å². The van der Waals surface area contributed by atoms with Gasteiger partial charge in [-0.05, 0) is 44.0 Å². The van der Waals surface area contributed by atoms with E-state index in [0.29, 0.717) is 12.4 Å². The predicted molar refractivity (Wildman–Crippen MR) is 93.2 cm³/mol. The molecule has 0 fully saturated rings. The molecule has 0 radical (unpaired) electrons.